The van der Waals surface area contributed by atoms with E-state index in [1.165, 1.54) is 11.3 Å². The van der Waals surface area contributed by atoms with Crippen LogP contribution in [0.25, 0.3) is 15.9 Å². The Bertz CT molecular complexity index is 964. The van der Waals surface area contributed by atoms with Crippen molar-refractivity contribution in [3.63, 3.8) is 0 Å². The normalized spacial score (nSPS) is 11.5. The average molecular weight is 427 g/mol. The van der Waals surface area contributed by atoms with E-state index in [-0.39, 0.29) is 23.7 Å². The minimum absolute atomic E-state index is 0. The van der Waals surface area contributed by atoms with Crippen LogP contribution in [0.15, 0.2) is 30.3 Å². The molecule has 0 saturated carbocycles. The minimum Gasteiger partial charge on any atom is -0.340 e. The molecule has 0 aliphatic rings. The maximum atomic E-state index is 12.9. The van der Waals surface area contributed by atoms with Crippen LogP contribution in [0, 0.1) is 12.3 Å². The van der Waals surface area contributed by atoms with Crippen LogP contribution in [-0.2, 0) is 0 Å². The van der Waals surface area contributed by atoms with Crippen LogP contribution in [0.1, 0.15) is 29.2 Å². The summed E-state index contributed by atoms with van der Waals surface area (Å²) in [6.45, 7) is 7.18. The van der Waals surface area contributed by atoms with Crippen LogP contribution in [0.3, 0.4) is 0 Å². The zero-order chi connectivity index (χ0) is 19.1. The Hall–Kier alpha value is -1.60. The minimum atomic E-state index is -0.120. The molecule has 0 aliphatic heterocycles. The lowest BCUT2D eigenvalue weighted by atomic mass is 9.93. The summed E-state index contributed by atoms with van der Waals surface area (Å²) in [5.41, 5.74) is 7.36. The van der Waals surface area contributed by atoms with Crippen molar-refractivity contribution in [2.24, 2.45) is 11.1 Å². The van der Waals surface area contributed by atoms with Gasteiger partial charge in [0.15, 0.2) is 0 Å². The van der Waals surface area contributed by atoms with Crippen molar-refractivity contribution in [3.8, 4) is 5.69 Å². The third-order valence-corrected chi connectivity index (χ3v) is 5.82. The van der Waals surface area contributed by atoms with Crippen LogP contribution < -0.4 is 5.73 Å². The molecule has 27 heavy (non-hydrogen) atoms. The highest BCUT2D eigenvalue weighted by Gasteiger charge is 2.24. The second-order valence-electron chi connectivity index (χ2n) is 7.31. The van der Waals surface area contributed by atoms with Gasteiger partial charge < -0.3 is 10.6 Å². The predicted octanol–water partition coefficient (Wildman–Crippen LogP) is 4.53. The highest BCUT2D eigenvalue weighted by molar-refractivity contribution is 7.20. The first-order valence-electron chi connectivity index (χ1n) is 8.43. The lowest BCUT2D eigenvalue weighted by Crippen LogP contribution is -2.39. The molecule has 2 N–H and O–H groups in total. The fourth-order valence-electron chi connectivity index (χ4n) is 2.91. The molecule has 0 saturated heterocycles. The average Bonchev–Trinajstić information content (AvgIpc) is 3.15. The van der Waals surface area contributed by atoms with Crippen molar-refractivity contribution >= 4 is 51.5 Å². The molecular formula is C19H24Cl2N4OS. The molecule has 3 aromatic rings. The Labute approximate surface area is 174 Å². The van der Waals surface area contributed by atoms with Gasteiger partial charge in [0.2, 0.25) is 0 Å². The van der Waals surface area contributed by atoms with Gasteiger partial charge in [-0.05, 0) is 37.1 Å². The number of nitrogens with two attached hydrogens (primary N) is 1. The molecule has 1 amide bonds. The van der Waals surface area contributed by atoms with Gasteiger partial charge in [0.25, 0.3) is 5.91 Å². The van der Waals surface area contributed by atoms with Gasteiger partial charge in [-0.25, -0.2) is 4.68 Å². The fourth-order valence-corrected chi connectivity index (χ4v) is 4.29. The molecule has 0 unspecified atom stereocenters. The van der Waals surface area contributed by atoms with Crippen molar-refractivity contribution in [1.29, 1.82) is 0 Å². The zero-order valence-electron chi connectivity index (χ0n) is 15.8. The second-order valence-corrected chi connectivity index (χ2v) is 8.75. The molecule has 5 nitrogen and oxygen atoms in total. The largest absolute Gasteiger partial charge is 0.340 e. The number of aryl methyl sites for hydroxylation is 1. The van der Waals surface area contributed by atoms with E-state index in [0.29, 0.717) is 23.0 Å². The molecule has 0 aliphatic carbocycles. The first kappa shape index (κ1) is 21.7. The van der Waals surface area contributed by atoms with E-state index in [4.69, 9.17) is 17.3 Å². The molecule has 1 aromatic carbocycles. The maximum Gasteiger partial charge on any atom is 0.263 e. The molecule has 2 aromatic heterocycles. The number of fused-ring (bicyclic) bond motifs is 1. The predicted molar refractivity (Wildman–Crippen MR) is 116 cm³/mol. The highest BCUT2D eigenvalue weighted by atomic mass is 35.5. The second kappa shape index (κ2) is 8.19. The van der Waals surface area contributed by atoms with E-state index in [2.05, 4.69) is 18.9 Å². The first-order valence-corrected chi connectivity index (χ1v) is 9.62. The number of amides is 1. The highest BCUT2D eigenvalue weighted by Crippen LogP contribution is 2.33. The number of halogens is 2. The van der Waals surface area contributed by atoms with Gasteiger partial charge in [0.1, 0.15) is 4.83 Å². The Morgan fingerprint density at radius 3 is 2.67 bits per heavy atom. The van der Waals surface area contributed by atoms with Gasteiger partial charge in [0, 0.05) is 19.0 Å². The Morgan fingerprint density at radius 1 is 1.37 bits per heavy atom. The summed E-state index contributed by atoms with van der Waals surface area (Å²) in [7, 11) is 1.82. The first-order chi connectivity index (χ1) is 12.2. The van der Waals surface area contributed by atoms with E-state index in [9.17, 15) is 4.79 Å². The van der Waals surface area contributed by atoms with Gasteiger partial charge >= 0.3 is 0 Å². The molecule has 0 bridgehead atoms. The number of carbonyl (C=O) groups excluding carboxylic acids is 1. The Kier molecular flexibility index (Phi) is 6.58. The Morgan fingerprint density at radius 2 is 2.04 bits per heavy atom. The molecule has 0 spiro atoms. The number of benzene rings is 1. The summed E-state index contributed by atoms with van der Waals surface area (Å²) in [5.74, 6) is -0.00201. The number of thiophene rings is 1. The van der Waals surface area contributed by atoms with Crippen LogP contribution in [0.2, 0.25) is 5.02 Å². The summed E-state index contributed by atoms with van der Waals surface area (Å²) in [6, 6.07) is 9.49. The molecule has 2 heterocycles. The maximum absolute atomic E-state index is 12.9. The lowest BCUT2D eigenvalue weighted by Gasteiger charge is -2.28. The smallest absolute Gasteiger partial charge is 0.263 e. The van der Waals surface area contributed by atoms with Crippen molar-refractivity contribution < 1.29 is 4.79 Å². The molecule has 8 heteroatoms. The van der Waals surface area contributed by atoms with Crippen molar-refractivity contribution in [2.45, 2.75) is 20.8 Å². The van der Waals surface area contributed by atoms with Crippen LogP contribution in [0.4, 0.5) is 0 Å². The van der Waals surface area contributed by atoms with E-state index in [1.54, 1.807) is 4.90 Å². The van der Waals surface area contributed by atoms with Gasteiger partial charge in [-0.2, -0.15) is 5.10 Å². The third-order valence-electron chi connectivity index (χ3n) is 4.40. The molecule has 146 valence electrons. The van der Waals surface area contributed by atoms with E-state index >= 15 is 0 Å². The van der Waals surface area contributed by atoms with E-state index in [1.807, 2.05) is 49.0 Å². The topological polar surface area (TPSA) is 64.2 Å². The van der Waals surface area contributed by atoms with Crippen molar-refractivity contribution in [1.82, 2.24) is 14.7 Å². The number of aromatic nitrogens is 2. The lowest BCUT2D eigenvalue weighted by molar-refractivity contribution is 0.0745. The summed E-state index contributed by atoms with van der Waals surface area (Å²) in [6.07, 6.45) is 0. The molecular weight excluding hydrogens is 403 g/mol. The number of nitrogens with zero attached hydrogens (tertiary/aromatic N) is 3. The van der Waals surface area contributed by atoms with Gasteiger partial charge in [-0.15, -0.1) is 23.7 Å². The summed E-state index contributed by atoms with van der Waals surface area (Å²) < 4.78 is 1.82. The zero-order valence-corrected chi connectivity index (χ0v) is 18.2. The number of para-hydroxylation sites is 1. The summed E-state index contributed by atoms with van der Waals surface area (Å²) in [5, 5.41) is 6.20. The van der Waals surface area contributed by atoms with Crippen molar-refractivity contribution in [2.75, 3.05) is 20.1 Å². The fraction of sp³-hybridized carbons (Fsp3) is 0.368. The van der Waals surface area contributed by atoms with E-state index in [0.717, 1.165) is 21.6 Å². The van der Waals surface area contributed by atoms with Crippen LogP contribution >= 0.6 is 35.3 Å². The SMILES string of the molecule is Cc1nn(-c2ccccc2Cl)c2sc(C(=O)N(C)CC(C)(C)CN)cc12.Cl. The molecule has 3 rings (SSSR count). The number of rotatable bonds is 5. The Balaban J connectivity index is 0.00000261. The summed E-state index contributed by atoms with van der Waals surface area (Å²) in [4.78, 5) is 16.2. The standard InChI is InChI=1S/C19H23ClN4OS.ClH/c1-12-13-9-16(17(25)23(4)11-19(2,3)10-21)26-18(13)24(22-12)15-8-6-5-7-14(15)20;/h5-9H,10-11,21H2,1-4H3;1H. The molecule has 0 atom stereocenters. The monoisotopic (exact) mass is 426 g/mol. The molecule has 0 radical (unpaired) electrons. The quantitative estimate of drug-likeness (QED) is 0.651. The molecule has 0 fully saturated rings. The number of hydrogen-bond donors (Lipinski definition) is 1. The van der Waals surface area contributed by atoms with Gasteiger partial charge in [-0.1, -0.05) is 37.6 Å². The van der Waals surface area contributed by atoms with Crippen LogP contribution in [0.5, 0.6) is 0 Å². The van der Waals surface area contributed by atoms with Crippen LogP contribution in [-0.4, -0.2) is 40.7 Å². The van der Waals surface area contributed by atoms with Gasteiger partial charge in [0.05, 0.1) is 21.3 Å². The third kappa shape index (κ3) is 4.29. The van der Waals surface area contributed by atoms with E-state index < -0.39 is 0 Å². The van der Waals surface area contributed by atoms with Gasteiger partial charge in [-0.3, -0.25) is 4.79 Å². The van der Waals surface area contributed by atoms with Crippen molar-refractivity contribution in [3.05, 3.63) is 45.9 Å². The summed E-state index contributed by atoms with van der Waals surface area (Å²) >= 11 is 7.77. The number of hydrogen-bond acceptors (Lipinski definition) is 4. The number of carbonyl (C=O) groups is 1.